The predicted octanol–water partition coefficient (Wildman–Crippen LogP) is 3.59. The number of rotatable bonds is 3. The number of aliphatic hydroxyl groups excluding tert-OH is 1. The quantitative estimate of drug-likeness (QED) is 0.187. The Labute approximate surface area is 229 Å². The van der Waals surface area contributed by atoms with Gasteiger partial charge in [-0.05, 0) is 30.5 Å². The van der Waals surface area contributed by atoms with E-state index in [9.17, 15) is 4.79 Å². The van der Waals surface area contributed by atoms with Crippen LogP contribution in [0.4, 0.5) is 0 Å². The Morgan fingerprint density at radius 1 is 1.21 bits per heavy atom. The summed E-state index contributed by atoms with van der Waals surface area (Å²) in [4.78, 5) is 26.1. The smallest absolute Gasteiger partial charge is 0.210 e. The fourth-order valence-electron chi connectivity index (χ4n) is 3.53. The summed E-state index contributed by atoms with van der Waals surface area (Å²) in [5.41, 5.74) is 6.04. The van der Waals surface area contributed by atoms with E-state index in [-0.39, 0.29) is 42.6 Å². The number of nitrogens with one attached hydrogen (secondary N) is 1. The zero-order valence-electron chi connectivity index (χ0n) is 20.0. The Hall–Kier alpha value is -2.04. The second-order valence-corrected chi connectivity index (χ2v) is 7.24. The minimum Gasteiger partial charge on any atom is -0.493 e. The number of benzene rings is 2. The van der Waals surface area contributed by atoms with Crippen LogP contribution < -0.4 is 0 Å². The molecule has 1 unspecified atom stereocenters. The Morgan fingerprint density at radius 2 is 1.79 bits per heavy atom. The van der Waals surface area contributed by atoms with Gasteiger partial charge in [0, 0.05) is 67.2 Å². The summed E-state index contributed by atoms with van der Waals surface area (Å²) in [6.07, 6.45) is 2.82. The molecule has 0 saturated carbocycles. The molecule has 7 nitrogen and oxygen atoms in total. The molecule has 1 aliphatic heterocycles. The first kappa shape index (κ1) is 34.1. The van der Waals surface area contributed by atoms with Crippen LogP contribution in [0.1, 0.15) is 35.3 Å². The Morgan fingerprint density at radius 3 is 2.29 bits per heavy atom. The van der Waals surface area contributed by atoms with Crippen LogP contribution in [0.3, 0.4) is 0 Å². The van der Waals surface area contributed by atoms with Crippen LogP contribution in [0.2, 0.25) is 0 Å². The molecule has 1 amide bonds. The molecule has 3 aromatic rings. The van der Waals surface area contributed by atoms with Crippen LogP contribution in [0.5, 0.6) is 0 Å². The minimum atomic E-state index is -0.0192. The average molecular weight is 715 g/mol. The van der Waals surface area contributed by atoms with Gasteiger partial charge in [-0.25, -0.2) is 4.79 Å². The van der Waals surface area contributed by atoms with E-state index in [1.54, 1.807) is 0 Å². The number of H-pyrrole nitrogens is 1. The maximum atomic E-state index is 11.5. The SMILES string of the molecule is CCCl.CO.COC=C=O.Cc1ccc(C2c3[nH]c4ccccc4c3CCN2C=O)cc1.O.[U]. The van der Waals surface area contributed by atoms with E-state index in [2.05, 4.69) is 59.1 Å². The molecule has 0 spiro atoms. The fourth-order valence-corrected chi connectivity index (χ4v) is 3.53. The van der Waals surface area contributed by atoms with Gasteiger partial charge in [-0.2, -0.15) is 0 Å². The second kappa shape index (κ2) is 19.3. The molecular weight excluding hydrogens is 682 g/mol. The van der Waals surface area contributed by atoms with Crippen molar-refractivity contribution in [1.82, 2.24) is 9.88 Å². The number of halogens is 1. The van der Waals surface area contributed by atoms with Crippen molar-refractivity contribution in [1.29, 1.82) is 0 Å². The van der Waals surface area contributed by atoms with Gasteiger partial charge >= 0.3 is 0 Å². The molecule has 1 aromatic heterocycles. The molecule has 4 N–H and O–H groups in total. The van der Waals surface area contributed by atoms with Crippen molar-refractivity contribution in [3.05, 3.63) is 77.2 Å². The first-order valence-electron chi connectivity index (χ1n) is 10.2. The van der Waals surface area contributed by atoms with Crippen molar-refractivity contribution in [3.8, 4) is 0 Å². The van der Waals surface area contributed by atoms with Crippen LogP contribution in [0.25, 0.3) is 10.9 Å². The third kappa shape index (κ3) is 9.31. The number of aromatic amines is 1. The summed E-state index contributed by atoms with van der Waals surface area (Å²) in [6, 6.07) is 16.8. The minimum absolute atomic E-state index is 0. The molecule has 4 rings (SSSR count). The number of ether oxygens (including phenoxy) is 1. The number of aromatic nitrogens is 1. The average Bonchev–Trinajstić information content (AvgIpc) is 3.20. The normalized spacial score (nSPS) is 12.8. The molecule has 0 saturated heterocycles. The van der Waals surface area contributed by atoms with Gasteiger partial charge in [0.1, 0.15) is 0 Å². The third-order valence-corrected chi connectivity index (χ3v) is 4.77. The first-order valence-corrected chi connectivity index (χ1v) is 10.7. The molecule has 0 aliphatic carbocycles. The molecule has 2 aromatic carbocycles. The number of alkyl halides is 1. The van der Waals surface area contributed by atoms with Crippen LogP contribution in [-0.4, -0.2) is 59.5 Å². The van der Waals surface area contributed by atoms with E-state index in [1.165, 1.54) is 29.6 Å². The molecule has 184 valence electrons. The van der Waals surface area contributed by atoms with Crippen molar-refractivity contribution in [3.63, 3.8) is 0 Å². The van der Waals surface area contributed by atoms with Gasteiger partial charge in [-0.3, -0.25) is 4.79 Å². The topological polar surface area (TPSA) is 114 Å². The number of para-hydroxylation sites is 1. The van der Waals surface area contributed by atoms with Gasteiger partial charge < -0.3 is 25.2 Å². The number of aliphatic hydroxyl groups is 1. The van der Waals surface area contributed by atoms with E-state index < -0.39 is 0 Å². The van der Waals surface area contributed by atoms with Gasteiger partial charge in [0.05, 0.1) is 13.2 Å². The molecule has 1 aliphatic rings. The summed E-state index contributed by atoms with van der Waals surface area (Å²) in [7, 11) is 2.39. The van der Waals surface area contributed by atoms with Gasteiger partial charge in [0.15, 0.2) is 12.2 Å². The van der Waals surface area contributed by atoms with E-state index in [4.69, 9.17) is 21.5 Å². The molecule has 9 heteroatoms. The van der Waals surface area contributed by atoms with Crippen LogP contribution in [-0.2, 0) is 20.7 Å². The number of methoxy groups -OCH3 is 1. The number of aryl methyl sites for hydroxylation is 1. The maximum absolute atomic E-state index is 11.5. The van der Waals surface area contributed by atoms with Gasteiger partial charge in [0.25, 0.3) is 0 Å². The van der Waals surface area contributed by atoms with Crippen molar-refractivity contribution in [2.24, 2.45) is 0 Å². The molecule has 2 heterocycles. The zero-order valence-corrected chi connectivity index (χ0v) is 24.9. The van der Waals surface area contributed by atoms with Crippen molar-refractivity contribution >= 4 is 34.9 Å². The van der Waals surface area contributed by atoms with Crippen LogP contribution >= 0.6 is 11.6 Å². The predicted molar refractivity (Wildman–Crippen MR) is 133 cm³/mol. The summed E-state index contributed by atoms with van der Waals surface area (Å²) in [5.74, 6) is 2.14. The van der Waals surface area contributed by atoms with Crippen LogP contribution in [0.15, 0.2) is 54.8 Å². The summed E-state index contributed by atoms with van der Waals surface area (Å²) in [5, 5.41) is 8.28. The van der Waals surface area contributed by atoms with Gasteiger partial charge in [-0.15, -0.1) is 11.6 Å². The number of amides is 1. The molecule has 0 radical (unpaired) electrons. The van der Waals surface area contributed by atoms with E-state index in [0.717, 1.165) is 55.4 Å². The number of fused-ring (bicyclic) bond motifs is 3. The molecule has 1 atom stereocenters. The maximum Gasteiger partial charge on any atom is 0.210 e. The molecule has 0 fully saturated rings. The standard InChI is InChI=1S/C19H18N2O.C3H4O2.C2H5Cl.CH4O.H2O.U/c1-13-6-8-14(9-7-13)19-18-16(10-11-21(19)12-22)15-4-2-3-5-17(15)20-18;1-5-3-2-4;1-2-3;1-2;;/h2-9,12,19-20H,10-11H2,1H3;3H,1H3;2H2,1H3;2H,1H3;1H2;. The van der Waals surface area contributed by atoms with Crippen molar-refractivity contribution in [2.75, 3.05) is 26.6 Å². The van der Waals surface area contributed by atoms with E-state index in [1.807, 2.05) is 17.9 Å². The Balaban J connectivity index is 0. The summed E-state index contributed by atoms with van der Waals surface area (Å²) >= 11 is 5.00. The molecule has 34 heavy (non-hydrogen) atoms. The number of nitrogens with zero attached hydrogens (tertiary/aromatic N) is 1. The zero-order chi connectivity index (χ0) is 23.9. The van der Waals surface area contributed by atoms with E-state index >= 15 is 0 Å². The Bertz CT molecular complexity index is 1000. The molecule has 0 bridgehead atoms. The molecular formula is C25H33ClN2O5U. The fraction of sp³-hybridized carbons (Fsp3) is 0.320. The van der Waals surface area contributed by atoms with E-state index in [0.29, 0.717) is 0 Å². The van der Waals surface area contributed by atoms with Gasteiger partial charge in [0.2, 0.25) is 6.41 Å². The number of carbonyl (C=O) groups excluding carboxylic acids is 2. The van der Waals surface area contributed by atoms with Gasteiger partial charge in [-0.1, -0.05) is 55.0 Å². The summed E-state index contributed by atoms with van der Waals surface area (Å²) in [6.45, 7) is 4.73. The summed E-state index contributed by atoms with van der Waals surface area (Å²) < 4.78 is 4.14. The number of carbonyl (C=O) groups is 1. The second-order valence-electron chi connectivity index (χ2n) is 6.71. The number of hydrogen-bond donors (Lipinski definition) is 2. The Kier molecular flexibility index (Phi) is 19.4. The van der Waals surface area contributed by atoms with Crippen molar-refractivity contribution in [2.45, 2.75) is 26.3 Å². The largest absolute Gasteiger partial charge is 0.493 e. The third-order valence-electron chi connectivity index (χ3n) is 4.77. The first-order chi connectivity index (χ1) is 15.6. The van der Waals surface area contributed by atoms with Crippen LogP contribution in [0, 0.1) is 38.0 Å². The number of hydrogen-bond acceptors (Lipinski definition) is 4. The monoisotopic (exact) mass is 714 g/mol. The van der Waals surface area contributed by atoms with Crippen molar-refractivity contribution < 1.29 is 56.0 Å².